The van der Waals surface area contributed by atoms with Gasteiger partial charge in [0.05, 0.1) is 23.7 Å². The van der Waals surface area contributed by atoms with Crippen LogP contribution in [0, 0.1) is 24.1 Å². The molecule has 0 N–H and O–H groups in total. The molecule has 0 saturated carbocycles. The van der Waals surface area contributed by atoms with Crippen molar-refractivity contribution in [2.45, 2.75) is 26.8 Å². The lowest BCUT2D eigenvalue weighted by molar-refractivity contribution is -0.122. The van der Waals surface area contributed by atoms with Gasteiger partial charge < -0.3 is 14.5 Å². The lowest BCUT2D eigenvalue weighted by atomic mass is 10.0. The number of carbonyl (C=O) groups excluding carboxylic acids is 1. The molecule has 0 spiro atoms. The van der Waals surface area contributed by atoms with Crippen LogP contribution in [0.5, 0.6) is 0 Å². The molecule has 11 heteroatoms. The van der Waals surface area contributed by atoms with Crippen LogP contribution < -0.4 is 15.4 Å². The first kappa shape index (κ1) is 27.8. The summed E-state index contributed by atoms with van der Waals surface area (Å²) in [5.41, 5.74) is 1.45. The van der Waals surface area contributed by atoms with Crippen molar-refractivity contribution < 1.29 is 13.9 Å². The van der Waals surface area contributed by atoms with Gasteiger partial charge in [-0.3, -0.25) is 19.1 Å². The average molecular weight is 556 g/mol. The fraction of sp³-hybridized carbons (Fsp3) is 0.407. The summed E-state index contributed by atoms with van der Waals surface area (Å²) < 4.78 is 21.6. The lowest BCUT2D eigenvalue weighted by Crippen LogP contribution is -2.49. The largest absolute Gasteiger partial charge is 0.383 e. The normalized spacial score (nSPS) is 17.0. The molecule has 2 aliphatic heterocycles. The molecule has 2 saturated heterocycles. The summed E-state index contributed by atoms with van der Waals surface area (Å²) in [6.45, 7) is 7.03. The topological polar surface area (TPSA) is 81.8 Å². The Hall–Kier alpha value is -3.20. The zero-order valence-electron chi connectivity index (χ0n) is 21.7. The maximum absolute atomic E-state index is 14.4. The molecule has 0 atom stereocenters. The molecule has 200 valence electrons. The Labute approximate surface area is 231 Å². The van der Waals surface area contributed by atoms with E-state index in [1.807, 2.05) is 17.9 Å². The molecule has 4 rings (SSSR count). The van der Waals surface area contributed by atoms with E-state index in [1.165, 1.54) is 22.7 Å². The van der Waals surface area contributed by atoms with Gasteiger partial charge in [0.15, 0.2) is 0 Å². The SMILES string of the molecule is CCCn1c(N2CCN(c3ccccc3F)CC2)c(C=C2SC(=S)N(CCOC)C2=O)c(C)c(C#N)c1=O. The average Bonchev–Trinajstić information content (AvgIpc) is 3.18. The maximum Gasteiger partial charge on any atom is 0.270 e. The number of nitrogens with zero attached hydrogens (tertiary/aromatic N) is 5. The Bertz CT molecular complexity index is 1380. The van der Waals surface area contributed by atoms with Crippen molar-refractivity contribution in [3.05, 3.63) is 62.0 Å². The van der Waals surface area contributed by atoms with Crippen molar-refractivity contribution in [3.63, 3.8) is 0 Å². The van der Waals surface area contributed by atoms with Crippen molar-refractivity contribution >= 4 is 51.8 Å². The van der Waals surface area contributed by atoms with Crippen molar-refractivity contribution in [3.8, 4) is 6.07 Å². The molecule has 1 aromatic heterocycles. The van der Waals surface area contributed by atoms with Gasteiger partial charge in [0.2, 0.25) is 0 Å². The van der Waals surface area contributed by atoms with Crippen LogP contribution in [0.25, 0.3) is 6.08 Å². The summed E-state index contributed by atoms with van der Waals surface area (Å²) in [4.78, 5) is 32.6. The summed E-state index contributed by atoms with van der Waals surface area (Å²) in [6, 6.07) is 8.77. The minimum Gasteiger partial charge on any atom is -0.383 e. The van der Waals surface area contributed by atoms with E-state index in [1.54, 1.807) is 36.8 Å². The molecule has 1 amide bonds. The molecule has 0 unspecified atom stereocenters. The summed E-state index contributed by atoms with van der Waals surface area (Å²) in [6.07, 6.45) is 2.45. The van der Waals surface area contributed by atoms with Gasteiger partial charge in [-0.15, -0.1) is 0 Å². The van der Waals surface area contributed by atoms with Crippen molar-refractivity contribution in [2.24, 2.45) is 0 Å². The molecule has 0 aliphatic carbocycles. The quantitative estimate of drug-likeness (QED) is 0.360. The molecule has 3 heterocycles. The number of anilines is 2. The second-order valence-corrected chi connectivity index (χ2v) is 10.7. The van der Waals surface area contributed by atoms with Crippen molar-refractivity contribution in [2.75, 3.05) is 56.2 Å². The van der Waals surface area contributed by atoms with Gasteiger partial charge in [0, 0.05) is 45.4 Å². The molecule has 8 nitrogen and oxygen atoms in total. The number of aromatic nitrogens is 1. The number of carbonyl (C=O) groups is 1. The highest BCUT2D eigenvalue weighted by atomic mass is 32.2. The fourth-order valence-electron chi connectivity index (χ4n) is 4.79. The van der Waals surface area contributed by atoms with E-state index in [0.717, 1.165) is 0 Å². The summed E-state index contributed by atoms with van der Waals surface area (Å²) in [5, 5.41) is 9.84. The number of nitriles is 1. The molecule has 2 fully saturated rings. The van der Waals surface area contributed by atoms with Crippen LogP contribution in [-0.2, 0) is 16.1 Å². The first-order chi connectivity index (χ1) is 18.3. The van der Waals surface area contributed by atoms with Gasteiger partial charge in [-0.25, -0.2) is 4.39 Å². The third-order valence-electron chi connectivity index (χ3n) is 6.73. The van der Waals surface area contributed by atoms with Crippen LogP contribution >= 0.6 is 24.0 Å². The molecule has 2 aromatic rings. The Balaban J connectivity index is 1.78. The van der Waals surface area contributed by atoms with Gasteiger partial charge in [-0.05, 0) is 37.1 Å². The van der Waals surface area contributed by atoms with E-state index >= 15 is 0 Å². The molecule has 38 heavy (non-hydrogen) atoms. The first-order valence-corrected chi connectivity index (χ1v) is 13.7. The highest BCUT2D eigenvalue weighted by Crippen LogP contribution is 2.36. The van der Waals surface area contributed by atoms with E-state index in [0.29, 0.717) is 84.2 Å². The minimum absolute atomic E-state index is 0.0632. The number of thioether (sulfide) groups is 1. The summed E-state index contributed by atoms with van der Waals surface area (Å²) >= 11 is 6.64. The zero-order valence-corrected chi connectivity index (χ0v) is 23.3. The molecule has 2 aliphatic rings. The third kappa shape index (κ3) is 5.34. The Morgan fingerprint density at radius 1 is 1.16 bits per heavy atom. The number of amides is 1. The predicted molar refractivity (Wildman–Crippen MR) is 153 cm³/mol. The second-order valence-electron chi connectivity index (χ2n) is 9.06. The minimum atomic E-state index is -0.344. The molecule has 1 aromatic carbocycles. The first-order valence-electron chi connectivity index (χ1n) is 12.5. The van der Waals surface area contributed by atoms with E-state index in [9.17, 15) is 19.2 Å². The number of hydrogen-bond acceptors (Lipinski definition) is 8. The van der Waals surface area contributed by atoms with E-state index in [-0.39, 0.29) is 22.8 Å². The Kier molecular flexibility index (Phi) is 8.87. The predicted octanol–water partition coefficient (Wildman–Crippen LogP) is 3.75. The van der Waals surface area contributed by atoms with E-state index < -0.39 is 0 Å². The van der Waals surface area contributed by atoms with Crippen molar-refractivity contribution in [1.29, 1.82) is 5.26 Å². The summed E-state index contributed by atoms with van der Waals surface area (Å²) in [7, 11) is 1.56. The second kappa shape index (κ2) is 12.1. The highest BCUT2D eigenvalue weighted by molar-refractivity contribution is 8.26. The van der Waals surface area contributed by atoms with Gasteiger partial charge >= 0.3 is 0 Å². The number of rotatable bonds is 8. The third-order valence-corrected chi connectivity index (χ3v) is 8.11. The lowest BCUT2D eigenvalue weighted by Gasteiger charge is -2.39. The van der Waals surface area contributed by atoms with Crippen LogP contribution in [0.3, 0.4) is 0 Å². The van der Waals surface area contributed by atoms with Crippen molar-refractivity contribution in [1.82, 2.24) is 9.47 Å². The number of thiocarbonyl (C=S) groups is 1. The van der Waals surface area contributed by atoms with Gasteiger partial charge in [0.1, 0.15) is 27.6 Å². The number of methoxy groups -OCH3 is 1. The van der Waals surface area contributed by atoms with Gasteiger partial charge in [0.25, 0.3) is 11.5 Å². The number of benzene rings is 1. The molecular weight excluding hydrogens is 525 g/mol. The van der Waals surface area contributed by atoms with Crippen LogP contribution in [0.15, 0.2) is 34.0 Å². The van der Waals surface area contributed by atoms with Gasteiger partial charge in [-0.2, -0.15) is 5.26 Å². The number of para-hydroxylation sites is 1. The highest BCUT2D eigenvalue weighted by Gasteiger charge is 2.33. The van der Waals surface area contributed by atoms with Crippen LogP contribution in [0.1, 0.15) is 30.0 Å². The fourth-order valence-corrected chi connectivity index (χ4v) is 6.08. The monoisotopic (exact) mass is 555 g/mol. The number of ether oxygens (including phenoxy) is 1. The van der Waals surface area contributed by atoms with Crippen LogP contribution in [0.2, 0.25) is 0 Å². The number of piperazine rings is 1. The Morgan fingerprint density at radius 3 is 2.47 bits per heavy atom. The maximum atomic E-state index is 14.4. The van der Waals surface area contributed by atoms with E-state index in [4.69, 9.17) is 17.0 Å². The Morgan fingerprint density at radius 2 is 1.84 bits per heavy atom. The molecule has 0 radical (unpaired) electrons. The molecular formula is C27H30FN5O3S2. The standard InChI is InChI=1S/C27H30FN5O3S2/c1-4-9-32-24(31-12-10-30(11-13-31)22-8-6-5-7-21(22)28)19(18(2)20(17-29)25(32)34)16-23-26(35)33(14-15-36-3)27(37)38-23/h5-8,16H,4,9-15H2,1-3H3. The zero-order chi connectivity index (χ0) is 27.4. The summed E-state index contributed by atoms with van der Waals surface area (Å²) in [5.74, 6) is 0.177. The van der Waals surface area contributed by atoms with E-state index in [2.05, 4.69) is 11.0 Å². The van der Waals surface area contributed by atoms with Gasteiger partial charge in [-0.1, -0.05) is 43.0 Å². The number of halogens is 1. The van der Waals surface area contributed by atoms with Crippen LogP contribution in [0.4, 0.5) is 15.9 Å². The van der Waals surface area contributed by atoms with Crippen LogP contribution in [-0.4, -0.2) is 66.1 Å². The number of pyridine rings is 1. The molecule has 0 bridgehead atoms. The smallest absolute Gasteiger partial charge is 0.270 e. The number of hydrogen-bond donors (Lipinski definition) is 0.